The highest BCUT2D eigenvalue weighted by atomic mass is 32.2. The van der Waals surface area contributed by atoms with Crippen molar-refractivity contribution in [2.45, 2.75) is 36.7 Å². The van der Waals surface area contributed by atoms with Gasteiger partial charge < -0.3 is 15.3 Å². The largest absolute Gasteiger partial charge is 0.392 e. The van der Waals surface area contributed by atoms with E-state index in [2.05, 4.69) is 5.32 Å². The van der Waals surface area contributed by atoms with Crippen LogP contribution in [0.1, 0.15) is 25.7 Å². The monoisotopic (exact) mass is 380 g/mol. The van der Waals surface area contributed by atoms with Gasteiger partial charge in [0.1, 0.15) is 0 Å². The van der Waals surface area contributed by atoms with E-state index in [1.54, 1.807) is 18.2 Å². The van der Waals surface area contributed by atoms with Crippen molar-refractivity contribution >= 4 is 21.7 Å². The summed E-state index contributed by atoms with van der Waals surface area (Å²) in [6, 6.07) is 8.05. The van der Waals surface area contributed by atoms with Crippen LogP contribution in [-0.2, 0) is 19.4 Å². The van der Waals surface area contributed by atoms with E-state index in [1.807, 2.05) is 0 Å². The Hall–Kier alpha value is -1.93. The van der Waals surface area contributed by atoms with E-state index < -0.39 is 21.4 Å². The number of carbonyl (C=O) groups is 2. The number of rotatable bonds is 4. The molecule has 0 unspecified atom stereocenters. The molecule has 0 bridgehead atoms. The molecule has 1 spiro atoms. The minimum atomic E-state index is -3.53. The van der Waals surface area contributed by atoms with Crippen molar-refractivity contribution in [1.82, 2.24) is 10.2 Å². The number of likely N-dealkylation sites (tertiary alicyclic amines) is 1. The molecule has 2 N–H and O–H groups in total. The molecule has 7 nitrogen and oxygen atoms in total. The van der Waals surface area contributed by atoms with Crippen molar-refractivity contribution in [2.24, 2.45) is 5.41 Å². The third-order valence-corrected chi connectivity index (χ3v) is 7.09. The number of aliphatic hydroxyl groups is 1. The molecular formula is C18H24N2O5S. The normalized spacial score (nSPS) is 26.6. The predicted molar refractivity (Wildman–Crippen MR) is 95.0 cm³/mol. The highest BCUT2D eigenvalue weighted by molar-refractivity contribution is 7.91. The van der Waals surface area contributed by atoms with Crippen LogP contribution in [0.3, 0.4) is 0 Å². The van der Waals surface area contributed by atoms with Crippen LogP contribution in [0.5, 0.6) is 0 Å². The number of carbonyl (C=O) groups excluding carboxylic acids is 2. The number of sulfone groups is 1. The zero-order valence-corrected chi connectivity index (χ0v) is 15.4. The van der Waals surface area contributed by atoms with Crippen LogP contribution in [0, 0.1) is 5.41 Å². The Balaban J connectivity index is 1.66. The molecule has 2 heterocycles. The Kier molecular flexibility index (Phi) is 5.34. The lowest BCUT2D eigenvalue weighted by Gasteiger charge is -2.46. The zero-order valence-electron chi connectivity index (χ0n) is 14.6. The molecule has 2 aliphatic rings. The molecule has 2 saturated heterocycles. The first-order chi connectivity index (χ1) is 12.3. The van der Waals surface area contributed by atoms with Gasteiger partial charge >= 0.3 is 0 Å². The van der Waals surface area contributed by atoms with E-state index in [4.69, 9.17) is 0 Å². The second kappa shape index (κ2) is 7.36. The number of amides is 2. The van der Waals surface area contributed by atoms with Gasteiger partial charge in [0.25, 0.3) is 0 Å². The minimum absolute atomic E-state index is 0.134. The summed E-state index contributed by atoms with van der Waals surface area (Å²) in [5.41, 5.74) is -0.968. The topological polar surface area (TPSA) is 104 Å². The van der Waals surface area contributed by atoms with Gasteiger partial charge in [0.2, 0.25) is 11.8 Å². The highest BCUT2D eigenvalue weighted by Gasteiger charge is 2.50. The molecule has 0 aliphatic carbocycles. The Morgan fingerprint density at radius 2 is 2.04 bits per heavy atom. The van der Waals surface area contributed by atoms with Gasteiger partial charge in [-0.05, 0) is 31.4 Å². The number of benzene rings is 1. The Morgan fingerprint density at radius 1 is 1.31 bits per heavy atom. The molecule has 2 amide bonds. The van der Waals surface area contributed by atoms with Crippen molar-refractivity contribution < 1.29 is 23.1 Å². The summed E-state index contributed by atoms with van der Waals surface area (Å²) in [5, 5.41) is 13.1. The molecule has 1 aromatic carbocycles. The van der Waals surface area contributed by atoms with Gasteiger partial charge in [-0.3, -0.25) is 9.59 Å². The SMILES string of the molecule is O=C(CCS(=O)(=O)c1ccccc1)N1CC[C@H](O)[C@@]2(CCCNC2=O)C1. The molecule has 142 valence electrons. The standard InChI is InChI=1S/C18H24N2O5S/c21-15-7-11-20(13-18(15)9-4-10-19-17(18)23)16(22)8-12-26(24,25)14-5-2-1-3-6-14/h1-3,5-6,15,21H,4,7-13H2,(H,19,23)/t15-,18+/m0/s1. The van der Waals surface area contributed by atoms with Crippen molar-refractivity contribution in [3.05, 3.63) is 30.3 Å². The van der Waals surface area contributed by atoms with Gasteiger partial charge in [0.15, 0.2) is 9.84 Å². The summed E-state index contributed by atoms with van der Waals surface area (Å²) in [4.78, 5) is 26.6. The van der Waals surface area contributed by atoms with Crippen LogP contribution < -0.4 is 5.32 Å². The summed E-state index contributed by atoms with van der Waals surface area (Å²) >= 11 is 0. The van der Waals surface area contributed by atoms with Gasteiger partial charge in [-0.2, -0.15) is 0 Å². The summed E-state index contributed by atoms with van der Waals surface area (Å²) < 4.78 is 24.7. The smallest absolute Gasteiger partial charge is 0.230 e. The molecule has 1 aromatic rings. The van der Waals surface area contributed by atoms with Gasteiger partial charge in [-0.15, -0.1) is 0 Å². The van der Waals surface area contributed by atoms with E-state index in [1.165, 1.54) is 17.0 Å². The molecule has 0 saturated carbocycles. The lowest BCUT2D eigenvalue weighted by molar-refractivity contribution is -0.154. The maximum atomic E-state index is 12.6. The highest BCUT2D eigenvalue weighted by Crippen LogP contribution is 2.37. The summed E-state index contributed by atoms with van der Waals surface area (Å²) in [5.74, 6) is -0.784. The number of nitrogens with one attached hydrogen (secondary N) is 1. The van der Waals surface area contributed by atoms with Crippen LogP contribution in [-0.4, -0.2) is 61.7 Å². The minimum Gasteiger partial charge on any atom is -0.392 e. The Labute approximate surface area is 153 Å². The van der Waals surface area contributed by atoms with Gasteiger partial charge in [0, 0.05) is 26.1 Å². The number of nitrogens with zero attached hydrogens (tertiary/aromatic N) is 1. The number of aliphatic hydroxyl groups excluding tert-OH is 1. The molecule has 8 heteroatoms. The van der Waals surface area contributed by atoms with Crippen molar-refractivity contribution in [3.63, 3.8) is 0 Å². The first-order valence-corrected chi connectivity index (χ1v) is 10.5. The second-order valence-corrected chi connectivity index (χ2v) is 9.13. The first kappa shape index (κ1) is 18.8. The van der Waals surface area contributed by atoms with Crippen molar-refractivity contribution in [1.29, 1.82) is 0 Å². The fourth-order valence-electron chi connectivity index (χ4n) is 3.78. The van der Waals surface area contributed by atoms with Gasteiger partial charge in [-0.1, -0.05) is 18.2 Å². The fourth-order valence-corrected chi connectivity index (χ4v) is 5.03. The van der Waals surface area contributed by atoms with E-state index in [-0.39, 0.29) is 35.4 Å². The average molecular weight is 380 g/mol. The molecule has 2 aliphatic heterocycles. The van der Waals surface area contributed by atoms with Crippen LogP contribution in [0.15, 0.2) is 35.2 Å². The number of hydrogen-bond donors (Lipinski definition) is 2. The van der Waals surface area contributed by atoms with Gasteiger partial charge in [-0.25, -0.2) is 8.42 Å². The maximum Gasteiger partial charge on any atom is 0.230 e. The second-order valence-electron chi connectivity index (χ2n) is 7.02. The molecule has 2 fully saturated rings. The van der Waals surface area contributed by atoms with E-state index in [0.717, 1.165) is 6.42 Å². The molecule has 26 heavy (non-hydrogen) atoms. The maximum absolute atomic E-state index is 12.6. The quantitative estimate of drug-likeness (QED) is 0.784. The summed E-state index contributed by atoms with van der Waals surface area (Å²) in [6.07, 6.45) is 0.703. The molecular weight excluding hydrogens is 356 g/mol. The van der Waals surface area contributed by atoms with E-state index >= 15 is 0 Å². The van der Waals surface area contributed by atoms with Crippen LogP contribution in [0.4, 0.5) is 0 Å². The first-order valence-electron chi connectivity index (χ1n) is 8.87. The lowest BCUT2D eigenvalue weighted by atomic mass is 9.71. The zero-order chi connectivity index (χ0) is 18.8. The number of hydrogen-bond acceptors (Lipinski definition) is 5. The van der Waals surface area contributed by atoms with Crippen molar-refractivity contribution in [2.75, 3.05) is 25.4 Å². The van der Waals surface area contributed by atoms with Crippen molar-refractivity contribution in [3.8, 4) is 0 Å². The van der Waals surface area contributed by atoms with Gasteiger partial charge in [0.05, 0.1) is 22.2 Å². The van der Waals surface area contributed by atoms with Crippen LogP contribution in [0.2, 0.25) is 0 Å². The molecule has 2 atom stereocenters. The fraction of sp³-hybridized carbons (Fsp3) is 0.556. The van der Waals surface area contributed by atoms with E-state index in [0.29, 0.717) is 25.9 Å². The number of piperidine rings is 2. The molecule has 0 radical (unpaired) electrons. The van der Waals surface area contributed by atoms with Crippen LogP contribution in [0.25, 0.3) is 0 Å². The summed E-state index contributed by atoms with van der Waals surface area (Å²) in [6.45, 7) is 1.06. The van der Waals surface area contributed by atoms with Crippen LogP contribution >= 0.6 is 0 Å². The Morgan fingerprint density at radius 3 is 2.73 bits per heavy atom. The Bertz CT molecular complexity index is 780. The predicted octanol–water partition coefficient (Wildman–Crippen LogP) is 0.340. The third kappa shape index (κ3) is 3.61. The summed E-state index contributed by atoms with van der Waals surface area (Å²) in [7, 11) is -3.53. The molecule has 0 aromatic heterocycles. The molecule has 3 rings (SSSR count). The van der Waals surface area contributed by atoms with E-state index in [9.17, 15) is 23.1 Å². The third-order valence-electron chi connectivity index (χ3n) is 5.36. The lowest BCUT2D eigenvalue weighted by Crippen LogP contribution is -2.62. The average Bonchev–Trinajstić information content (AvgIpc) is 2.65.